The van der Waals surface area contributed by atoms with Gasteiger partial charge in [-0.3, -0.25) is 23.4 Å². The van der Waals surface area contributed by atoms with Gasteiger partial charge in [0.2, 0.25) is 0 Å². The minimum absolute atomic E-state index is 0.153. The van der Waals surface area contributed by atoms with Crippen LogP contribution in [0.1, 0.15) is 252 Å². The number of aliphatic hydroxyl groups is 1. The largest absolute Gasteiger partial charge is 0.472 e. The summed E-state index contributed by atoms with van der Waals surface area (Å²) in [4.78, 5) is 48.3. The van der Waals surface area contributed by atoms with E-state index in [-0.39, 0.29) is 25.9 Å². The highest BCUT2D eigenvalue weighted by Crippen LogP contribution is 2.43. The molecule has 11 nitrogen and oxygen atoms in total. The van der Waals surface area contributed by atoms with E-state index in [2.05, 4.69) is 57.2 Å². The van der Waals surface area contributed by atoms with Crippen molar-refractivity contribution in [2.45, 2.75) is 264 Å². The zero-order valence-corrected chi connectivity index (χ0v) is 43.3. The van der Waals surface area contributed by atoms with Gasteiger partial charge in [0.1, 0.15) is 12.7 Å². The lowest BCUT2D eigenvalue weighted by Gasteiger charge is -2.21. The number of unbranched alkanes of at least 4 members (excludes halogenated alkanes) is 27. The maximum absolute atomic E-state index is 12.8. The van der Waals surface area contributed by atoms with E-state index in [4.69, 9.17) is 23.3 Å². The lowest BCUT2D eigenvalue weighted by atomic mass is 10.1. The Morgan fingerprint density at radius 1 is 0.424 bits per heavy atom. The van der Waals surface area contributed by atoms with Crippen molar-refractivity contribution in [3.8, 4) is 0 Å². The molecule has 0 rings (SSSR count). The molecule has 12 heteroatoms. The number of allylic oxidation sites excluding steroid dienone is 6. The predicted octanol–water partition coefficient (Wildman–Crippen LogP) is 15.3. The van der Waals surface area contributed by atoms with E-state index in [1.165, 1.54) is 89.9 Å². The van der Waals surface area contributed by atoms with Gasteiger partial charge in [0.05, 0.1) is 19.8 Å². The van der Waals surface area contributed by atoms with Crippen LogP contribution in [0.3, 0.4) is 0 Å². The Morgan fingerprint density at radius 2 is 0.742 bits per heavy atom. The minimum Gasteiger partial charge on any atom is -0.462 e. The highest BCUT2D eigenvalue weighted by molar-refractivity contribution is 7.47. The molecule has 0 saturated carbocycles. The average Bonchev–Trinajstić information content (AvgIpc) is 3.30. The van der Waals surface area contributed by atoms with E-state index >= 15 is 0 Å². The smallest absolute Gasteiger partial charge is 0.462 e. The molecule has 0 heterocycles. The molecule has 0 aliphatic heterocycles. The molecule has 0 amide bonds. The van der Waals surface area contributed by atoms with Crippen LogP contribution in [0, 0.1) is 0 Å². The summed E-state index contributed by atoms with van der Waals surface area (Å²) >= 11 is 0. The first-order valence-electron chi connectivity index (χ1n) is 26.9. The molecule has 0 saturated heterocycles. The van der Waals surface area contributed by atoms with E-state index in [0.717, 1.165) is 103 Å². The summed E-state index contributed by atoms with van der Waals surface area (Å²) in [5, 5.41) is 9.75. The molecule has 0 aromatic rings. The normalized spacial score (nSPS) is 13.7. The molecule has 0 spiro atoms. The van der Waals surface area contributed by atoms with Crippen LogP contribution in [-0.2, 0) is 42.2 Å². The first-order valence-corrected chi connectivity index (χ1v) is 28.4. The van der Waals surface area contributed by atoms with Crippen LogP contribution in [0.2, 0.25) is 0 Å². The molecule has 0 radical (unpaired) electrons. The van der Waals surface area contributed by atoms with Crippen molar-refractivity contribution < 1.29 is 52.2 Å². The SMILES string of the molecule is CCCCC/C=C\C/C=C\CCCCCCCC(=O)OC(COC(=O)CCCCCCC/C=C\CCCCCCCC)COP(=O)(O)OCC(CO)OC(=O)CCCCCCCCCCC. The zero-order valence-electron chi connectivity index (χ0n) is 42.4. The summed E-state index contributed by atoms with van der Waals surface area (Å²) in [5.41, 5.74) is 0. The monoisotopic (exact) mass is 955 g/mol. The summed E-state index contributed by atoms with van der Waals surface area (Å²) in [7, 11) is -4.74. The molecule has 0 aliphatic rings. The predicted molar refractivity (Wildman–Crippen MR) is 270 cm³/mol. The fraction of sp³-hybridized carbons (Fsp3) is 0.833. The number of phosphoric acid groups is 1. The van der Waals surface area contributed by atoms with E-state index in [9.17, 15) is 28.9 Å². The van der Waals surface area contributed by atoms with Crippen molar-refractivity contribution >= 4 is 25.7 Å². The van der Waals surface area contributed by atoms with Gasteiger partial charge in [-0.1, -0.05) is 192 Å². The quantitative estimate of drug-likeness (QED) is 0.0197. The maximum atomic E-state index is 12.8. The van der Waals surface area contributed by atoms with Crippen molar-refractivity contribution in [1.82, 2.24) is 0 Å². The van der Waals surface area contributed by atoms with Gasteiger partial charge in [-0.2, -0.15) is 0 Å². The lowest BCUT2D eigenvalue weighted by molar-refractivity contribution is -0.161. The number of carbonyl (C=O) groups excluding carboxylic acids is 3. The molecule has 3 atom stereocenters. The Labute approximate surface area is 403 Å². The van der Waals surface area contributed by atoms with Gasteiger partial charge in [-0.05, 0) is 77.0 Å². The minimum atomic E-state index is -4.74. The van der Waals surface area contributed by atoms with E-state index in [0.29, 0.717) is 19.3 Å². The molecule has 0 bridgehead atoms. The van der Waals surface area contributed by atoms with Crippen LogP contribution in [-0.4, -0.2) is 66.5 Å². The van der Waals surface area contributed by atoms with Crippen LogP contribution >= 0.6 is 7.82 Å². The Morgan fingerprint density at radius 3 is 1.17 bits per heavy atom. The number of esters is 3. The summed E-state index contributed by atoms with van der Waals surface area (Å²) < 4.78 is 39.3. The van der Waals surface area contributed by atoms with Crippen LogP contribution < -0.4 is 0 Å². The molecule has 386 valence electrons. The van der Waals surface area contributed by atoms with E-state index < -0.39 is 57.8 Å². The lowest BCUT2D eigenvalue weighted by Crippen LogP contribution is -2.30. The Hall–Kier alpha value is -2.30. The van der Waals surface area contributed by atoms with Gasteiger partial charge in [0.25, 0.3) is 0 Å². The topological polar surface area (TPSA) is 155 Å². The van der Waals surface area contributed by atoms with Crippen molar-refractivity contribution in [3.63, 3.8) is 0 Å². The number of ether oxygens (including phenoxy) is 3. The third-order valence-electron chi connectivity index (χ3n) is 11.5. The van der Waals surface area contributed by atoms with E-state index in [1.807, 2.05) is 0 Å². The molecule has 66 heavy (non-hydrogen) atoms. The fourth-order valence-corrected chi connectivity index (χ4v) is 8.16. The van der Waals surface area contributed by atoms with Crippen LogP contribution in [0.25, 0.3) is 0 Å². The fourth-order valence-electron chi connectivity index (χ4n) is 7.38. The van der Waals surface area contributed by atoms with Crippen molar-refractivity contribution in [3.05, 3.63) is 36.5 Å². The zero-order chi connectivity index (χ0) is 48.4. The second-order valence-electron chi connectivity index (χ2n) is 18.0. The summed E-state index contributed by atoms with van der Waals surface area (Å²) in [6, 6.07) is 0. The first-order chi connectivity index (χ1) is 32.2. The first kappa shape index (κ1) is 63.7. The number of hydrogen-bond acceptors (Lipinski definition) is 10. The second kappa shape index (κ2) is 49.1. The van der Waals surface area contributed by atoms with Gasteiger partial charge in [-0.15, -0.1) is 0 Å². The molecular formula is C54H99O11P. The van der Waals surface area contributed by atoms with Crippen LogP contribution in [0.4, 0.5) is 0 Å². The van der Waals surface area contributed by atoms with Crippen molar-refractivity contribution in [1.29, 1.82) is 0 Å². The van der Waals surface area contributed by atoms with Crippen molar-refractivity contribution in [2.75, 3.05) is 26.4 Å². The molecule has 0 aromatic carbocycles. The Kier molecular flexibility index (Phi) is 47.4. The highest BCUT2D eigenvalue weighted by atomic mass is 31.2. The Balaban J connectivity index is 4.76. The molecule has 2 N–H and O–H groups in total. The summed E-state index contributed by atoms with van der Waals surface area (Å²) in [6.07, 6.45) is 48.3. The molecule has 0 fully saturated rings. The van der Waals surface area contributed by atoms with Crippen LogP contribution in [0.5, 0.6) is 0 Å². The molecule has 0 aromatic heterocycles. The molecule has 3 unspecified atom stereocenters. The summed E-state index contributed by atoms with van der Waals surface area (Å²) in [6.45, 7) is 4.57. The van der Waals surface area contributed by atoms with Crippen molar-refractivity contribution in [2.24, 2.45) is 0 Å². The highest BCUT2D eigenvalue weighted by Gasteiger charge is 2.28. The number of aliphatic hydroxyl groups excluding tert-OH is 1. The van der Waals surface area contributed by atoms with Gasteiger partial charge in [0.15, 0.2) is 6.10 Å². The third kappa shape index (κ3) is 46.8. The van der Waals surface area contributed by atoms with Crippen LogP contribution in [0.15, 0.2) is 36.5 Å². The van der Waals surface area contributed by atoms with Gasteiger partial charge in [-0.25, -0.2) is 4.57 Å². The average molecular weight is 955 g/mol. The van der Waals surface area contributed by atoms with Gasteiger partial charge < -0.3 is 24.2 Å². The molecule has 0 aliphatic carbocycles. The number of rotatable bonds is 50. The van der Waals surface area contributed by atoms with E-state index in [1.54, 1.807) is 0 Å². The summed E-state index contributed by atoms with van der Waals surface area (Å²) in [5.74, 6) is -1.48. The molecular weight excluding hydrogens is 856 g/mol. The third-order valence-corrected chi connectivity index (χ3v) is 12.5. The van der Waals surface area contributed by atoms with Gasteiger partial charge >= 0.3 is 25.7 Å². The van der Waals surface area contributed by atoms with Gasteiger partial charge in [0, 0.05) is 19.3 Å². The Bertz CT molecular complexity index is 1250. The second-order valence-corrected chi connectivity index (χ2v) is 19.5. The number of hydrogen-bond donors (Lipinski definition) is 2. The standard InChI is InChI=1S/C54H99O11P/c1-4-7-10-13-16-19-21-23-25-27-29-32-34-37-40-43-52(56)61-47-51(65-54(58)45-42-39-36-33-30-28-26-24-22-20-17-14-11-8-5-2)49-63-66(59,60)62-48-50(46-55)64-53(57)44-41-38-35-31-18-15-12-9-6-3/h17,20,23-26,50-51,55H,4-16,18-19,21-22,27-49H2,1-3H3,(H,59,60)/b20-17-,25-23-,26-24-. The number of carbonyl (C=O) groups is 3. The maximum Gasteiger partial charge on any atom is 0.472 e. The number of phosphoric ester groups is 1.